The minimum absolute atomic E-state index is 0.0597. The average Bonchev–Trinajstić information content (AvgIpc) is 2.77. The second-order valence-corrected chi connectivity index (χ2v) is 6.28. The summed E-state index contributed by atoms with van der Waals surface area (Å²) >= 11 is 1.20. The molecule has 2 amide bonds. The van der Waals surface area contributed by atoms with Gasteiger partial charge in [-0.1, -0.05) is 20.8 Å². The van der Waals surface area contributed by atoms with Crippen LogP contribution in [0.5, 0.6) is 0 Å². The maximum absolute atomic E-state index is 11.9. The number of nitrogens with one attached hydrogen (secondary N) is 1. The normalized spacial score (nSPS) is 13.1. The van der Waals surface area contributed by atoms with E-state index in [-0.39, 0.29) is 17.4 Å². The van der Waals surface area contributed by atoms with Gasteiger partial charge >= 0.3 is 0 Å². The molecular formula is C13H20N2O3S. The van der Waals surface area contributed by atoms with E-state index in [1.165, 1.54) is 17.4 Å². The summed E-state index contributed by atoms with van der Waals surface area (Å²) in [5.74, 6) is -0.747. The molecule has 0 aliphatic rings. The Morgan fingerprint density at radius 1 is 1.47 bits per heavy atom. The zero-order valence-electron chi connectivity index (χ0n) is 11.6. The van der Waals surface area contributed by atoms with Gasteiger partial charge in [0.1, 0.15) is 0 Å². The van der Waals surface area contributed by atoms with Crippen molar-refractivity contribution in [3.05, 3.63) is 21.9 Å². The number of rotatable bonds is 5. The highest BCUT2D eigenvalue weighted by Crippen LogP contribution is 2.21. The van der Waals surface area contributed by atoms with Crippen molar-refractivity contribution in [2.75, 3.05) is 13.7 Å². The van der Waals surface area contributed by atoms with Gasteiger partial charge in [-0.2, -0.15) is 0 Å². The van der Waals surface area contributed by atoms with Crippen molar-refractivity contribution in [3.8, 4) is 0 Å². The predicted octanol–water partition coefficient (Wildman–Crippen LogP) is 1.64. The van der Waals surface area contributed by atoms with Crippen LogP contribution in [0.4, 0.5) is 0 Å². The summed E-state index contributed by atoms with van der Waals surface area (Å²) in [4.78, 5) is 23.3. The third-order valence-corrected chi connectivity index (χ3v) is 3.74. The number of carbonyl (C=O) groups is 2. The van der Waals surface area contributed by atoms with Crippen LogP contribution in [0.3, 0.4) is 0 Å². The van der Waals surface area contributed by atoms with Gasteiger partial charge in [0.15, 0.2) is 0 Å². The van der Waals surface area contributed by atoms with Crippen LogP contribution >= 0.6 is 11.3 Å². The summed E-state index contributed by atoms with van der Waals surface area (Å²) in [5, 5.41) is 4.38. The highest BCUT2D eigenvalue weighted by Gasteiger charge is 2.25. The molecule has 1 heterocycles. The maximum Gasteiger partial charge on any atom is 0.261 e. The fourth-order valence-electron chi connectivity index (χ4n) is 1.60. The molecule has 0 fully saturated rings. The lowest BCUT2D eigenvalue weighted by atomic mass is 9.89. The molecule has 0 saturated carbocycles. The van der Waals surface area contributed by atoms with E-state index in [0.717, 1.165) is 0 Å². The molecule has 5 nitrogen and oxygen atoms in total. The van der Waals surface area contributed by atoms with Crippen LogP contribution in [0.2, 0.25) is 0 Å². The van der Waals surface area contributed by atoms with Gasteiger partial charge in [-0.25, -0.2) is 0 Å². The monoisotopic (exact) mass is 284 g/mol. The van der Waals surface area contributed by atoms with Crippen molar-refractivity contribution < 1.29 is 14.3 Å². The second-order valence-electron chi connectivity index (χ2n) is 5.36. The Morgan fingerprint density at radius 3 is 2.53 bits per heavy atom. The molecule has 1 rings (SSSR count). The topological polar surface area (TPSA) is 81.4 Å². The van der Waals surface area contributed by atoms with Crippen LogP contribution in [0.1, 0.15) is 40.8 Å². The third kappa shape index (κ3) is 4.33. The molecule has 1 atom stereocenters. The molecule has 0 aliphatic carbocycles. The number of methoxy groups -OCH3 is 1. The van der Waals surface area contributed by atoms with Gasteiger partial charge in [-0.15, -0.1) is 11.3 Å². The summed E-state index contributed by atoms with van der Waals surface area (Å²) in [7, 11) is 1.62. The first-order valence-electron chi connectivity index (χ1n) is 5.95. The predicted molar refractivity (Wildman–Crippen MR) is 75.4 cm³/mol. The Bertz CT molecular complexity index is 463. The molecule has 0 radical (unpaired) electrons. The van der Waals surface area contributed by atoms with E-state index < -0.39 is 5.91 Å². The molecule has 1 aromatic heterocycles. The van der Waals surface area contributed by atoms with E-state index in [1.54, 1.807) is 12.5 Å². The number of ether oxygens (including phenoxy) is 1. The molecule has 6 heteroatoms. The Morgan fingerprint density at radius 2 is 2.11 bits per heavy atom. The number of primary amides is 1. The fourth-order valence-corrected chi connectivity index (χ4v) is 2.41. The van der Waals surface area contributed by atoms with Crippen molar-refractivity contribution >= 4 is 23.2 Å². The molecule has 106 valence electrons. The summed E-state index contributed by atoms with van der Waals surface area (Å²) < 4.78 is 5.36. The Hall–Kier alpha value is -1.40. The number of thiophene rings is 1. The van der Waals surface area contributed by atoms with E-state index >= 15 is 0 Å². The van der Waals surface area contributed by atoms with Crippen LogP contribution in [0.25, 0.3) is 0 Å². The van der Waals surface area contributed by atoms with Crippen LogP contribution in [-0.2, 0) is 4.74 Å². The number of nitrogens with two attached hydrogens (primary N) is 1. The molecule has 1 unspecified atom stereocenters. The zero-order valence-corrected chi connectivity index (χ0v) is 12.5. The second kappa shape index (κ2) is 6.16. The van der Waals surface area contributed by atoms with Gasteiger partial charge in [0, 0.05) is 19.0 Å². The third-order valence-electron chi connectivity index (χ3n) is 2.81. The minimum atomic E-state index is -0.528. The van der Waals surface area contributed by atoms with Crippen LogP contribution in [0, 0.1) is 5.41 Å². The van der Waals surface area contributed by atoms with Gasteiger partial charge in [0.2, 0.25) is 5.91 Å². The van der Waals surface area contributed by atoms with Crippen molar-refractivity contribution in [1.29, 1.82) is 0 Å². The average molecular weight is 284 g/mol. The Kier molecular flexibility index (Phi) is 5.08. The molecule has 19 heavy (non-hydrogen) atoms. The van der Waals surface area contributed by atoms with Crippen molar-refractivity contribution in [3.63, 3.8) is 0 Å². The van der Waals surface area contributed by atoms with E-state index in [9.17, 15) is 9.59 Å². The maximum atomic E-state index is 11.9. The summed E-state index contributed by atoms with van der Waals surface area (Å²) in [6, 6.07) is 1.50. The lowest BCUT2D eigenvalue weighted by Crippen LogP contribution is -2.40. The van der Waals surface area contributed by atoms with Crippen molar-refractivity contribution in [2.45, 2.75) is 26.9 Å². The Balaban J connectivity index is 2.62. The lowest BCUT2D eigenvalue weighted by Gasteiger charge is -2.29. The molecule has 0 saturated heterocycles. The lowest BCUT2D eigenvalue weighted by molar-refractivity contribution is 0.0176. The summed E-state index contributed by atoms with van der Waals surface area (Å²) in [6.07, 6.45) is -0.0768. The first-order valence-corrected chi connectivity index (χ1v) is 6.83. The van der Waals surface area contributed by atoms with E-state index in [0.29, 0.717) is 17.0 Å². The molecule has 0 aromatic carbocycles. The standard InChI is InChI=1S/C13H20N2O3S/c1-13(2,3)10(18-4)6-15-12(17)9-5-8(7-19-9)11(14)16/h5,7,10H,6H2,1-4H3,(H2,14,16)(H,15,17). The fraction of sp³-hybridized carbons (Fsp3) is 0.538. The number of hydrogen-bond acceptors (Lipinski definition) is 4. The molecule has 1 aromatic rings. The molecule has 0 bridgehead atoms. The highest BCUT2D eigenvalue weighted by atomic mass is 32.1. The van der Waals surface area contributed by atoms with E-state index in [2.05, 4.69) is 5.32 Å². The van der Waals surface area contributed by atoms with E-state index in [4.69, 9.17) is 10.5 Å². The van der Waals surface area contributed by atoms with Crippen molar-refractivity contribution in [2.24, 2.45) is 11.1 Å². The van der Waals surface area contributed by atoms with Gasteiger partial charge in [0.25, 0.3) is 5.91 Å². The van der Waals surface area contributed by atoms with Gasteiger partial charge in [-0.05, 0) is 11.5 Å². The number of hydrogen-bond donors (Lipinski definition) is 2. The first-order chi connectivity index (χ1) is 8.75. The highest BCUT2D eigenvalue weighted by molar-refractivity contribution is 7.12. The van der Waals surface area contributed by atoms with Crippen LogP contribution in [0.15, 0.2) is 11.4 Å². The SMILES string of the molecule is COC(CNC(=O)c1cc(C(N)=O)cs1)C(C)(C)C. The summed E-state index contributed by atoms with van der Waals surface area (Å²) in [5.41, 5.74) is 5.44. The number of carbonyl (C=O) groups excluding carboxylic acids is 2. The summed E-state index contributed by atoms with van der Waals surface area (Å²) in [6.45, 7) is 6.56. The minimum Gasteiger partial charge on any atom is -0.379 e. The quantitative estimate of drug-likeness (QED) is 0.862. The van der Waals surface area contributed by atoms with Crippen LogP contribution in [-0.4, -0.2) is 31.6 Å². The smallest absolute Gasteiger partial charge is 0.261 e. The van der Waals surface area contributed by atoms with Crippen LogP contribution < -0.4 is 11.1 Å². The largest absolute Gasteiger partial charge is 0.379 e. The first kappa shape index (κ1) is 15.7. The molecule has 0 aliphatic heterocycles. The van der Waals surface area contributed by atoms with Gasteiger partial charge in [-0.3, -0.25) is 9.59 Å². The van der Waals surface area contributed by atoms with E-state index in [1.807, 2.05) is 20.8 Å². The molecular weight excluding hydrogens is 264 g/mol. The number of amides is 2. The van der Waals surface area contributed by atoms with Crippen molar-refractivity contribution in [1.82, 2.24) is 5.32 Å². The molecule has 3 N–H and O–H groups in total. The molecule has 0 spiro atoms. The van der Waals surface area contributed by atoms with Gasteiger partial charge < -0.3 is 15.8 Å². The van der Waals surface area contributed by atoms with Gasteiger partial charge in [0.05, 0.1) is 16.5 Å². The Labute approximate surface area is 117 Å². The zero-order chi connectivity index (χ0) is 14.6.